The van der Waals surface area contributed by atoms with E-state index in [-0.39, 0.29) is 23.2 Å². The monoisotopic (exact) mass is 407 g/mol. The summed E-state index contributed by atoms with van der Waals surface area (Å²) in [5.41, 5.74) is 2.13. The molecule has 0 spiro atoms. The number of H-pyrrole nitrogens is 1. The number of benzene rings is 1. The Balaban J connectivity index is 1.56. The molecule has 1 aliphatic rings. The number of piperidine rings is 1. The van der Waals surface area contributed by atoms with Crippen molar-refractivity contribution in [3.8, 4) is 22.4 Å². The Morgan fingerprint density at radius 1 is 1.17 bits per heavy atom. The Bertz CT molecular complexity index is 1120. The van der Waals surface area contributed by atoms with Crippen molar-refractivity contribution in [2.75, 3.05) is 18.4 Å². The lowest BCUT2D eigenvalue weighted by Crippen LogP contribution is -2.41. The molecule has 0 saturated carbocycles. The van der Waals surface area contributed by atoms with E-state index in [1.165, 1.54) is 6.07 Å². The molecule has 0 atom stereocenters. The van der Waals surface area contributed by atoms with Crippen LogP contribution in [0.1, 0.15) is 19.8 Å². The van der Waals surface area contributed by atoms with Crippen molar-refractivity contribution in [1.29, 1.82) is 0 Å². The molecule has 1 aliphatic heterocycles. The quantitative estimate of drug-likeness (QED) is 0.694. The summed E-state index contributed by atoms with van der Waals surface area (Å²) < 4.78 is 14.5. The molecule has 0 bridgehead atoms. The van der Waals surface area contributed by atoms with Crippen LogP contribution in [0.4, 0.5) is 10.3 Å². The van der Waals surface area contributed by atoms with Gasteiger partial charge in [-0.2, -0.15) is 0 Å². The number of hydrogen-bond acceptors (Lipinski definition) is 5. The molecule has 8 heteroatoms. The fourth-order valence-corrected chi connectivity index (χ4v) is 3.63. The van der Waals surface area contributed by atoms with Gasteiger partial charge in [0.2, 0.25) is 17.4 Å². The Morgan fingerprint density at radius 2 is 1.90 bits per heavy atom. The normalized spacial score (nSPS) is 14.5. The number of rotatable bonds is 4. The van der Waals surface area contributed by atoms with Gasteiger partial charge in [0.05, 0.1) is 6.20 Å². The van der Waals surface area contributed by atoms with Gasteiger partial charge in [-0.05, 0) is 36.1 Å². The predicted octanol–water partition coefficient (Wildman–Crippen LogP) is 3.06. The maximum Gasteiger partial charge on any atom is 0.248 e. The third-order valence-electron chi connectivity index (χ3n) is 5.26. The van der Waals surface area contributed by atoms with Crippen LogP contribution in [0.5, 0.6) is 0 Å². The Kier molecular flexibility index (Phi) is 5.56. The maximum atomic E-state index is 14.5. The van der Waals surface area contributed by atoms with Crippen molar-refractivity contribution in [2.24, 2.45) is 0 Å². The lowest BCUT2D eigenvalue weighted by atomic mass is 10.0. The van der Waals surface area contributed by atoms with Crippen LogP contribution in [0.3, 0.4) is 0 Å². The van der Waals surface area contributed by atoms with Crippen LogP contribution in [0.25, 0.3) is 22.4 Å². The number of nitrogens with zero attached hydrogens (tertiary/aromatic N) is 3. The number of aromatic amines is 1. The van der Waals surface area contributed by atoms with E-state index >= 15 is 0 Å². The zero-order chi connectivity index (χ0) is 21.1. The van der Waals surface area contributed by atoms with E-state index in [1.807, 2.05) is 11.0 Å². The largest absolute Gasteiger partial charge is 0.351 e. The molecule has 2 aromatic heterocycles. The number of nitrogens with one attached hydrogen (secondary N) is 2. The number of aromatic nitrogens is 3. The molecule has 4 rings (SSSR count). The van der Waals surface area contributed by atoms with Gasteiger partial charge >= 0.3 is 0 Å². The molecule has 0 unspecified atom stereocenters. The van der Waals surface area contributed by atoms with Crippen LogP contribution in [-0.2, 0) is 4.79 Å². The van der Waals surface area contributed by atoms with Gasteiger partial charge in [-0.1, -0.05) is 18.2 Å². The smallest absolute Gasteiger partial charge is 0.248 e. The zero-order valence-electron chi connectivity index (χ0n) is 16.6. The Hall–Kier alpha value is -3.55. The number of carbonyl (C=O) groups excluding carboxylic acids is 1. The summed E-state index contributed by atoms with van der Waals surface area (Å²) in [5.74, 6) is -0.0849. The third kappa shape index (κ3) is 4.37. The summed E-state index contributed by atoms with van der Waals surface area (Å²) in [7, 11) is 0. The van der Waals surface area contributed by atoms with Crippen molar-refractivity contribution in [1.82, 2.24) is 19.9 Å². The molecule has 1 aromatic carbocycles. The van der Waals surface area contributed by atoms with Crippen LogP contribution in [0.2, 0.25) is 0 Å². The van der Waals surface area contributed by atoms with E-state index in [0.717, 1.165) is 30.2 Å². The van der Waals surface area contributed by atoms with E-state index < -0.39 is 5.82 Å². The minimum Gasteiger partial charge on any atom is -0.351 e. The number of carbonyl (C=O) groups is 1. The van der Waals surface area contributed by atoms with Gasteiger partial charge in [0.25, 0.3) is 0 Å². The maximum absolute atomic E-state index is 14.5. The van der Waals surface area contributed by atoms with E-state index in [1.54, 1.807) is 37.4 Å². The highest BCUT2D eigenvalue weighted by Gasteiger charge is 2.21. The SMILES string of the molecule is CC(=O)N1CCC(Nc2ncc(F)c(-c3cccc(-c4cc[nH]c(=O)c4)c3)n2)CC1. The summed E-state index contributed by atoms with van der Waals surface area (Å²) in [5, 5.41) is 3.26. The molecular weight excluding hydrogens is 385 g/mol. The highest BCUT2D eigenvalue weighted by atomic mass is 19.1. The van der Waals surface area contributed by atoms with Crippen LogP contribution < -0.4 is 10.9 Å². The summed E-state index contributed by atoms with van der Waals surface area (Å²) in [6.45, 7) is 2.93. The van der Waals surface area contributed by atoms with E-state index in [0.29, 0.717) is 24.6 Å². The molecule has 1 saturated heterocycles. The molecule has 3 aromatic rings. The Labute approximate surface area is 173 Å². The first-order valence-corrected chi connectivity index (χ1v) is 9.84. The molecular formula is C22H22FN5O2. The highest BCUT2D eigenvalue weighted by Crippen LogP contribution is 2.27. The molecule has 7 nitrogen and oxygen atoms in total. The Morgan fingerprint density at radius 3 is 2.63 bits per heavy atom. The van der Waals surface area contributed by atoms with Gasteiger partial charge in [0.1, 0.15) is 5.69 Å². The van der Waals surface area contributed by atoms with Gasteiger partial charge in [-0.25, -0.2) is 14.4 Å². The lowest BCUT2D eigenvalue weighted by Gasteiger charge is -2.31. The fourth-order valence-electron chi connectivity index (χ4n) is 3.63. The minimum atomic E-state index is -0.519. The first-order chi connectivity index (χ1) is 14.5. The van der Waals surface area contributed by atoms with Crippen molar-refractivity contribution in [3.63, 3.8) is 0 Å². The standard InChI is InChI=1S/C22H22FN5O2/c1-14(29)28-9-6-18(7-10-28)26-22-25-13-19(23)21(27-22)17-4-2-3-15(11-17)16-5-8-24-20(30)12-16/h2-5,8,11-13,18H,6-7,9-10H2,1H3,(H,24,30)(H,25,26,27). The fraction of sp³-hybridized carbons (Fsp3) is 0.273. The molecule has 1 fully saturated rings. The number of likely N-dealkylation sites (tertiary alicyclic amines) is 1. The van der Waals surface area contributed by atoms with Gasteiger partial charge in [0.15, 0.2) is 5.82 Å². The molecule has 30 heavy (non-hydrogen) atoms. The van der Waals surface area contributed by atoms with Gasteiger partial charge < -0.3 is 15.2 Å². The average Bonchev–Trinajstić information content (AvgIpc) is 2.75. The van der Waals surface area contributed by atoms with Crippen LogP contribution in [0.15, 0.2) is 53.6 Å². The molecule has 2 N–H and O–H groups in total. The summed E-state index contributed by atoms with van der Waals surface area (Å²) in [6.07, 6.45) is 4.31. The van der Waals surface area contributed by atoms with Crippen molar-refractivity contribution in [3.05, 3.63) is 65.0 Å². The highest BCUT2D eigenvalue weighted by molar-refractivity contribution is 5.73. The van der Waals surface area contributed by atoms with E-state index in [2.05, 4.69) is 20.3 Å². The second kappa shape index (κ2) is 8.44. The summed E-state index contributed by atoms with van der Waals surface area (Å²) in [4.78, 5) is 35.9. The van der Waals surface area contributed by atoms with Crippen LogP contribution in [-0.4, -0.2) is 44.9 Å². The van der Waals surface area contributed by atoms with Crippen molar-refractivity contribution < 1.29 is 9.18 Å². The van der Waals surface area contributed by atoms with Gasteiger partial charge in [-0.15, -0.1) is 0 Å². The number of pyridine rings is 1. The number of hydrogen-bond donors (Lipinski definition) is 2. The third-order valence-corrected chi connectivity index (χ3v) is 5.26. The molecule has 0 aliphatic carbocycles. The van der Waals surface area contributed by atoms with Gasteiger partial charge in [0, 0.05) is 43.9 Å². The minimum absolute atomic E-state index is 0.0778. The first kappa shape index (κ1) is 19.8. The number of amides is 1. The van der Waals surface area contributed by atoms with Crippen molar-refractivity contribution in [2.45, 2.75) is 25.8 Å². The lowest BCUT2D eigenvalue weighted by molar-refractivity contribution is -0.129. The summed E-state index contributed by atoms with van der Waals surface area (Å²) >= 11 is 0. The zero-order valence-corrected chi connectivity index (χ0v) is 16.6. The van der Waals surface area contributed by atoms with Crippen LogP contribution in [0, 0.1) is 5.82 Å². The molecule has 3 heterocycles. The van der Waals surface area contributed by atoms with Crippen molar-refractivity contribution >= 4 is 11.9 Å². The predicted molar refractivity (Wildman–Crippen MR) is 112 cm³/mol. The topological polar surface area (TPSA) is 91.0 Å². The molecule has 0 radical (unpaired) electrons. The van der Waals surface area contributed by atoms with E-state index in [4.69, 9.17) is 0 Å². The first-order valence-electron chi connectivity index (χ1n) is 9.84. The summed E-state index contributed by atoms with van der Waals surface area (Å²) in [6, 6.07) is 10.7. The second-order valence-corrected chi connectivity index (χ2v) is 7.34. The second-order valence-electron chi connectivity index (χ2n) is 7.34. The van der Waals surface area contributed by atoms with E-state index in [9.17, 15) is 14.0 Å². The molecule has 1 amide bonds. The molecule has 154 valence electrons. The number of anilines is 1. The number of halogens is 1. The average molecular weight is 407 g/mol. The van der Waals surface area contributed by atoms with Crippen LogP contribution >= 0.6 is 0 Å². The van der Waals surface area contributed by atoms with Gasteiger partial charge in [-0.3, -0.25) is 9.59 Å².